The molecule has 0 amide bonds. The number of hydrogen-bond donors (Lipinski definition) is 1. The topological polar surface area (TPSA) is 36.4 Å². The van der Waals surface area contributed by atoms with Crippen LogP contribution >= 0.6 is 11.6 Å². The Morgan fingerprint density at radius 3 is 2.74 bits per heavy atom. The van der Waals surface area contributed by atoms with E-state index in [1.54, 1.807) is 13.1 Å². The molecule has 4 heteroatoms. The minimum atomic E-state index is -0.490. The number of rotatable bonds is 4. The van der Waals surface area contributed by atoms with E-state index >= 15 is 0 Å². The molecule has 0 aliphatic rings. The second kappa shape index (κ2) is 6.04. The maximum atomic E-state index is 9.60. The molecule has 0 unspecified atom stereocenters. The van der Waals surface area contributed by atoms with Gasteiger partial charge >= 0.3 is 0 Å². The lowest BCUT2D eigenvalue weighted by molar-refractivity contribution is 0.199. The van der Waals surface area contributed by atoms with Crippen molar-refractivity contribution in [3.8, 4) is 0 Å². The SMILES string of the molecule is C[C@@H](O)c1ccnc(N(C)Cc2ccccc2Cl)c1. The number of aliphatic hydroxyl groups excluding tert-OH is 1. The monoisotopic (exact) mass is 276 g/mol. The first-order valence-electron chi connectivity index (χ1n) is 6.16. The molecular formula is C15H17ClN2O. The molecule has 1 N–H and O–H groups in total. The van der Waals surface area contributed by atoms with E-state index in [2.05, 4.69) is 4.98 Å². The molecule has 0 radical (unpaired) electrons. The number of benzene rings is 1. The van der Waals surface area contributed by atoms with Gasteiger partial charge in [0.2, 0.25) is 0 Å². The van der Waals surface area contributed by atoms with Crippen molar-refractivity contribution in [3.63, 3.8) is 0 Å². The summed E-state index contributed by atoms with van der Waals surface area (Å²) in [6.07, 6.45) is 1.22. The van der Waals surface area contributed by atoms with Crippen molar-refractivity contribution in [3.05, 3.63) is 58.7 Å². The smallest absolute Gasteiger partial charge is 0.128 e. The van der Waals surface area contributed by atoms with Crippen LogP contribution in [0.3, 0.4) is 0 Å². The number of pyridine rings is 1. The van der Waals surface area contributed by atoms with Crippen LogP contribution in [0.4, 0.5) is 5.82 Å². The third-order valence-corrected chi connectivity index (χ3v) is 3.38. The van der Waals surface area contributed by atoms with Crippen LogP contribution in [0.1, 0.15) is 24.2 Å². The van der Waals surface area contributed by atoms with Crippen molar-refractivity contribution in [2.24, 2.45) is 0 Å². The third-order valence-electron chi connectivity index (χ3n) is 3.01. The van der Waals surface area contributed by atoms with Gasteiger partial charge in [-0.2, -0.15) is 0 Å². The molecule has 0 aliphatic heterocycles. The molecule has 1 atom stereocenters. The van der Waals surface area contributed by atoms with Gasteiger partial charge in [0, 0.05) is 24.8 Å². The Kier molecular flexibility index (Phi) is 4.40. The van der Waals surface area contributed by atoms with Gasteiger partial charge in [0.15, 0.2) is 0 Å². The summed E-state index contributed by atoms with van der Waals surface area (Å²) in [5, 5.41) is 10.3. The molecule has 1 aromatic heterocycles. The highest BCUT2D eigenvalue weighted by Gasteiger charge is 2.08. The first kappa shape index (κ1) is 13.8. The van der Waals surface area contributed by atoms with E-state index in [4.69, 9.17) is 11.6 Å². The van der Waals surface area contributed by atoms with E-state index in [1.165, 1.54) is 0 Å². The highest BCUT2D eigenvalue weighted by atomic mass is 35.5. The number of anilines is 1. The Balaban J connectivity index is 2.18. The summed E-state index contributed by atoms with van der Waals surface area (Å²) in [7, 11) is 1.96. The molecule has 0 fully saturated rings. The van der Waals surface area contributed by atoms with Gasteiger partial charge in [0.05, 0.1) is 6.10 Å². The quantitative estimate of drug-likeness (QED) is 0.929. The molecule has 19 heavy (non-hydrogen) atoms. The summed E-state index contributed by atoms with van der Waals surface area (Å²) >= 11 is 6.15. The molecule has 0 bridgehead atoms. The highest BCUT2D eigenvalue weighted by Crippen LogP contribution is 2.21. The molecule has 1 aromatic carbocycles. The van der Waals surface area contributed by atoms with E-state index in [0.29, 0.717) is 6.54 Å². The Morgan fingerprint density at radius 2 is 2.05 bits per heavy atom. The van der Waals surface area contributed by atoms with Gasteiger partial charge in [0.25, 0.3) is 0 Å². The second-order valence-electron chi connectivity index (χ2n) is 4.57. The van der Waals surface area contributed by atoms with E-state index in [9.17, 15) is 5.11 Å². The average molecular weight is 277 g/mol. The molecule has 100 valence electrons. The van der Waals surface area contributed by atoms with Crippen LogP contribution in [0, 0.1) is 0 Å². The van der Waals surface area contributed by atoms with Crippen LogP contribution in [-0.4, -0.2) is 17.1 Å². The second-order valence-corrected chi connectivity index (χ2v) is 4.98. The van der Waals surface area contributed by atoms with Crippen LogP contribution in [0.15, 0.2) is 42.6 Å². The summed E-state index contributed by atoms with van der Waals surface area (Å²) in [6.45, 7) is 2.42. The van der Waals surface area contributed by atoms with Crippen molar-refractivity contribution < 1.29 is 5.11 Å². The van der Waals surface area contributed by atoms with Crippen molar-refractivity contribution in [1.29, 1.82) is 0 Å². The van der Waals surface area contributed by atoms with Gasteiger partial charge in [-0.15, -0.1) is 0 Å². The lowest BCUT2D eigenvalue weighted by atomic mass is 10.1. The molecule has 0 aliphatic carbocycles. The lowest BCUT2D eigenvalue weighted by Gasteiger charge is -2.20. The number of hydrogen-bond acceptors (Lipinski definition) is 3. The summed E-state index contributed by atoms with van der Waals surface area (Å²) in [5.74, 6) is 0.818. The fourth-order valence-electron chi connectivity index (χ4n) is 1.87. The Hall–Kier alpha value is -1.58. The van der Waals surface area contributed by atoms with Crippen molar-refractivity contribution in [1.82, 2.24) is 4.98 Å². The first-order valence-corrected chi connectivity index (χ1v) is 6.54. The minimum absolute atomic E-state index is 0.490. The standard InChI is InChI=1S/C15H17ClN2O/c1-11(19)12-7-8-17-15(9-12)18(2)10-13-5-3-4-6-14(13)16/h3-9,11,19H,10H2,1-2H3/t11-/m1/s1. The summed E-state index contributed by atoms with van der Waals surface area (Å²) < 4.78 is 0. The predicted octanol–water partition coefficient (Wildman–Crippen LogP) is 3.42. The largest absolute Gasteiger partial charge is 0.389 e. The molecule has 3 nitrogen and oxygen atoms in total. The Labute approximate surface area is 118 Å². The van der Waals surface area contributed by atoms with Crippen LogP contribution in [0.25, 0.3) is 0 Å². The zero-order chi connectivity index (χ0) is 13.8. The molecule has 0 spiro atoms. The van der Waals surface area contributed by atoms with Crippen LogP contribution in [0.2, 0.25) is 5.02 Å². The molecule has 2 aromatic rings. The minimum Gasteiger partial charge on any atom is -0.389 e. The van der Waals surface area contributed by atoms with Crippen molar-refractivity contribution in [2.75, 3.05) is 11.9 Å². The zero-order valence-corrected chi connectivity index (χ0v) is 11.8. The Morgan fingerprint density at radius 1 is 1.32 bits per heavy atom. The van der Waals surface area contributed by atoms with Gasteiger partial charge < -0.3 is 10.0 Å². The fourth-order valence-corrected chi connectivity index (χ4v) is 2.06. The van der Waals surface area contributed by atoms with Gasteiger partial charge in [-0.3, -0.25) is 0 Å². The van der Waals surface area contributed by atoms with Crippen molar-refractivity contribution in [2.45, 2.75) is 19.6 Å². The zero-order valence-electron chi connectivity index (χ0n) is 11.0. The van der Waals surface area contributed by atoms with Crippen LogP contribution in [0.5, 0.6) is 0 Å². The van der Waals surface area contributed by atoms with Gasteiger partial charge in [-0.05, 0) is 36.2 Å². The van der Waals surface area contributed by atoms with E-state index in [-0.39, 0.29) is 0 Å². The van der Waals surface area contributed by atoms with E-state index < -0.39 is 6.10 Å². The average Bonchev–Trinajstić information content (AvgIpc) is 2.41. The maximum Gasteiger partial charge on any atom is 0.128 e. The first-order chi connectivity index (χ1) is 9.08. The third kappa shape index (κ3) is 3.46. The van der Waals surface area contributed by atoms with E-state index in [1.807, 2.05) is 48.3 Å². The molecule has 0 saturated heterocycles. The maximum absolute atomic E-state index is 9.60. The van der Waals surface area contributed by atoms with E-state index in [0.717, 1.165) is 22.0 Å². The number of nitrogens with zero attached hydrogens (tertiary/aromatic N) is 2. The van der Waals surface area contributed by atoms with Gasteiger partial charge in [-0.25, -0.2) is 4.98 Å². The van der Waals surface area contributed by atoms with Gasteiger partial charge in [-0.1, -0.05) is 29.8 Å². The van der Waals surface area contributed by atoms with Crippen molar-refractivity contribution >= 4 is 17.4 Å². The molecular weight excluding hydrogens is 260 g/mol. The summed E-state index contributed by atoms with van der Waals surface area (Å²) in [6, 6.07) is 11.5. The number of aromatic nitrogens is 1. The molecule has 1 heterocycles. The number of aliphatic hydroxyl groups is 1. The van der Waals surface area contributed by atoms with Crippen LogP contribution < -0.4 is 4.90 Å². The van der Waals surface area contributed by atoms with Gasteiger partial charge in [0.1, 0.15) is 5.82 Å². The molecule has 0 saturated carbocycles. The fraction of sp³-hybridized carbons (Fsp3) is 0.267. The normalized spacial score (nSPS) is 12.2. The predicted molar refractivity (Wildman–Crippen MR) is 78.4 cm³/mol. The van der Waals surface area contributed by atoms with Crippen LogP contribution in [-0.2, 0) is 6.54 Å². The Bertz CT molecular complexity index is 557. The summed E-state index contributed by atoms with van der Waals surface area (Å²) in [5.41, 5.74) is 1.91. The lowest BCUT2D eigenvalue weighted by Crippen LogP contribution is -2.18. The number of halogens is 1. The molecule has 2 rings (SSSR count). The summed E-state index contributed by atoms with van der Waals surface area (Å²) in [4.78, 5) is 6.33. The highest BCUT2D eigenvalue weighted by molar-refractivity contribution is 6.31.